The highest BCUT2D eigenvalue weighted by Gasteiger charge is 2.29. The van der Waals surface area contributed by atoms with Gasteiger partial charge >= 0.3 is 5.63 Å². The molecule has 0 fully saturated rings. The maximum absolute atomic E-state index is 14.8. The van der Waals surface area contributed by atoms with Gasteiger partial charge in [0, 0.05) is 92.3 Å². The fourth-order valence-corrected chi connectivity index (χ4v) is 10.2. The van der Waals surface area contributed by atoms with Gasteiger partial charge in [-0.25, -0.2) is 19.7 Å². The van der Waals surface area contributed by atoms with Gasteiger partial charge < -0.3 is 18.1 Å². The van der Waals surface area contributed by atoms with Crippen LogP contribution in [0.5, 0.6) is 0 Å². The molecule has 8 heterocycles. The van der Waals surface area contributed by atoms with E-state index in [-0.39, 0.29) is 0 Å². The van der Waals surface area contributed by atoms with E-state index in [1.165, 1.54) is 6.07 Å². The number of pyridine rings is 3. The zero-order valence-corrected chi connectivity index (χ0v) is 35.9. The van der Waals surface area contributed by atoms with Crippen molar-refractivity contribution in [3.63, 3.8) is 0 Å². The Kier molecular flexibility index (Phi) is 8.16. The van der Waals surface area contributed by atoms with Gasteiger partial charge in [-0.05, 0) is 42.5 Å². The van der Waals surface area contributed by atoms with Crippen molar-refractivity contribution in [1.82, 2.24) is 43.6 Å². The van der Waals surface area contributed by atoms with E-state index in [0.717, 1.165) is 87.9 Å². The standard InChI is InChI=1S/C57H33N9O2/c67-51-29-39(57-62-55(34-13-3-1-4-14-34)61-56(63-57)35-15-5-2-6-16-35)52-49(64-43-20-10-7-17-36(43)40-31-58-26-23-46(40)64)30-50(65-44-21-11-8-18-37(44)41-32-59-27-24-47(41)65)53(54(52)68-51)66-45-22-12-9-19-38(45)42-33-60-28-25-48(42)66/h1-33H. The lowest BCUT2D eigenvalue weighted by Crippen LogP contribution is -2.11. The monoisotopic (exact) mass is 875 g/mol. The molecule has 68 heavy (non-hydrogen) atoms. The molecule has 0 aliphatic rings. The summed E-state index contributed by atoms with van der Waals surface area (Å²) >= 11 is 0. The van der Waals surface area contributed by atoms with Crippen LogP contribution in [0.15, 0.2) is 210 Å². The second kappa shape index (κ2) is 14.7. The van der Waals surface area contributed by atoms with Gasteiger partial charge in [0.2, 0.25) is 0 Å². The SMILES string of the molecule is O=c1cc(-c2nc(-c3ccccc3)nc(-c3ccccc3)n2)c2c(-n3c4ccccc4c4cnccc43)cc(-n3c4ccccc4c4cnccc43)c(-n3c4ccccc4c4cnccc43)c2o1. The van der Waals surface area contributed by atoms with Crippen LogP contribution in [-0.2, 0) is 0 Å². The normalized spacial score (nSPS) is 11.9. The first-order chi connectivity index (χ1) is 33.7. The molecule has 11 nitrogen and oxygen atoms in total. The Morgan fingerprint density at radius 3 is 1.31 bits per heavy atom. The lowest BCUT2D eigenvalue weighted by Gasteiger charge is -2.22. The summed E-state index contributed by atoms with van der Waals surface area (Å²) in [6.07, 6.45) is 11.1. The van der Waals surface area contributed by atoms with E-state index in [0.29, 0.717) is 39.7 Å². The first-order valence-electron chi connectivity index (χ1n) is 22.2. The number of nitrogens with zero attached hydrogens (tertiary/aromatic N) is 9. The van der Waals surface area contributed by atoms with Crippen LogP contribution >= 0.6 is 0 Å². The van der Waals surface area contributed by atoms with Gasteiger partial charge in [-0.3, -0.25) is 15.0 Å². The molecule has 14 aromatic rings. The highest BCUT2D eigenvalue weighted by molar-refractivity contribution is 6.16. The summed E-state index contributed by atoms with van der Waals surface area (Å²) in [7, 11) is 0. The minimum atomic E-state index is -0.569. The third-order valence-electron chi connectivity index (χ3n) is 13.0. The predicted molar refractivity (Wildman–Crippen MR) is 269 cm³/mol. The Balaban J connectivity index is 1.25. The number of benzene rings is 6. The maximum atomic E-state index is 14.8. The molecule has 14 rings (SSSR count). The first-order valence-corrected chi connectivity index (χ1v) is 22.2. The van der Waals surface area contributed by atoms with E-state index in [2.05, 4.69) is 71.1 Å². The molecular formula is C57H33N9O2. The molecular weight excluding hydrogens is 843 g/mol. The molecule has 0 saturated carbocycles. The van der Waals surface area contributed by atoms with Crippen molar-refractivity contribution in [2.45, 2.75) is 0 Å². The number of aromatic nitrogens is 9. The van der Waals surface area contributed by atoms with Crippen molar-refractivity contribution in [2.75, 3.05) is 0 Å². The van der Waals surface area contributed by atoms with Gasteiger partial charge in [0.05, 0.1) is 49.9 Å². The Morgan fingerprint density at radius 2 is 0.794 bits per heavy atom. The van der Waals surface area contributed by atoms with E-state index in [4.69, 9.17) is 19.4 Å². The quantitative estimate of drug-likeness (QED) is 0.151. The number of hydrogen-bond acceptors (Lipinski definition) is 8. The summed E-state index contributed by atoms with van der Waals surface area (Å²) < 4.78 is 13.5. The van der Waals surface area contributed by atoms with Gasteiger partial charge in [0.1, 0.15) is 5.69 Å². The second-order valence-corrected chi connectivity index (χ2v) is 16.7. The molecule has 318 valence electrons. The molecule has 6 aromatic carbocycles. The summed E-state index contributed by atoms with van der Waals surface area (Å²) in [4.78, 5) is 44.1. The zero-order valence-electron chi connectivity index (χ0n) is 35.9. The number of rotatable bonds is 6. The maximum Gasteiger partial charge on any atom is 0.337 e. The molecule has 0 radical (unpaired) electrons. The van der Waals surface area contributed by atoms with Crippen molar-refractivity contribution in [3.05, 3.63) is 211 Å². The van der Waals surface area contributed by atoms with Crippen molar-refractivity contribution in [2.24, 2.45) is 0 Å². The van der Waals surface area contributed by atoms with Crippen LogP contribution in [0.3, 0.4) is 0 Å². The average Bonchev–Trinajstić information content (AvgIpc) is 4.04. The Bertz CT molecular complexity index is 4200. The van der Waals surface area contributed by atoms with E-state index in [9.17, 15) is 4.79 Å². The van der Waals surface area contributed by atoms with Crippen LogP contribution in [0.2, 0.25) is 0 Å². The number of hydrogen-bond donors (Lipinski definition) is 0. The van der Waals surface area contributed by atoms with Crippen LogP contribution in [0, 0.1) is 0 Å². The Hall–Kier alpha value is -9.61. The van der Waals surface area contributed by atoms with Gasteiger partial charge in [-0.2, -0.15) is 0 Å². The van der Waals surface area contributed by atoms with Crippen LogP contribution in [0.1, 0.15) is 0 Å². The summed E-state index contributed by atoms with van der Waals surface area (Å²) in [5.41, 5.74) is 9.51. The van der Waals surface area contributed by atoms with Gasteiger partial charge in [-0.1, -0.05) is 115 Å². The van der Waals surface area contributed by atoms with E-state index < -0.39 is 5.63 Å². The Morgan fingerprint density at radius 1 is 0.382 bits per heavy atom. The lowest BCUT2D eigenvalue weighted by molar-refractivity contribution is 0.559. The fourth-order valence-electron chi connectivity index (χ4n) is 10.2. The third-order valence-corrected chi connectivity index (χ3v) is 13.0. The van der Waals surface area contributed by atoms with Crippen LogP contribution in [0.25, 0.3) is 128 Å². The highest BCUT2D eigenvalue weighted by Crippen LogP contribution is 2.46. The molecule has 8 aromatic heterocycles. The number of para-hydroxylation sites is 3. The molecule has 0 amide bonds. The zero-order chi connectivity index (χ0) is 44.9. The van der Waals surface area contributed by atoms with Crippen LogP contribution < -0.4 is 5.63 Å². The fraction of sp³-hybridized carbons (Fsp3) is 0. The van der Waals surface area contributed by atoms with Gasteiger partial charge in [0.15, 0.2) is 23.1 Å². The van der Waals surface area contributed by atoms with Crippen molar-refractivity contribution in [3.8, 4) is 51.2 Å². The Labute approximate surface area is 385 Å². The molecule has 0 spiro atoms. The minimum Gasteiger partial charge on any atom is -0.420 e. The van der Waals surface area contributed by atoms with E-state index in [1.54, 1.807) is 6.20 Å². The van der Waals surface area contributed by atoms with Gasteiger partial charge in [0.25, 0.3) is 0 Å². The van der Waals surface area contributed by atoms with Crippen LogP contribution in [0.4, 0.5) is 0 Å². The molecule has 11 heteroatoms. The molecule has 0 unspecified atom stereocenters. The van der Waals surface area contributed by atoms with E-state index in [1.807, 2.05) is 146 Å². The third kappa shape index (κ3) is 5.56. The highest BCUT2D eigenvalue weighted by atomic mass is 16.4. The number of fused-ring (bicyclic) bond motifs is 10. The second-order valence-electron chi connectivity index (χ2n) is 16.7. The summed E-state index contributed by atoms with van der Waals surface area (Å²) in [6.45, 7) is 0. The van der Waals surface area contributed by atoms with Crippen molar-refractivity contribution >= 4 is 76.4 Å². The van der Waals surface area contributed by atoms with Gasteiger partial charge in [-0.15, -0.1) is 0 Å². The molecule has 0 N–H and O–H groups in total. The van der Waals surface area contributed by atoms with Crippen molar-refractivity contribution in [1.29, 1.82) is 0 Å². The lowest BCUT2D eigenvalue weighted by atomic mass is 10.0. The smallest absolute Gasteiger partial charge is 0.337 e. The largest absolute Gasteiger partial charge is 0.420 e. The first kappa shape index (κ1) is 37.7. The van der Waals surface area contributed by atoms with Crippen molar-refractivity contribution < 1.29 is 4.42 Å². The minimum absolute atomic E-state index is 0.312. The summed E-state index contributed by atoms with van der Waals surface area (Å²) in [6, 6.07) is 54.4. The molecule has 0 bridgehead atoms. The molecule has 0 aliphatic carbocycles. The topological polar surface area (TPSA) is 122 Å². The molecule has 0 atom stereocenters. The average molecular weight is 876 g/mol. The molecule has 0 saturated heterocycles. The summed E-state index contributed by atoms with van der Waals surface area (Å²) in [5, 5.41) is 6.56. The van der Waals surface area contributed by atoms with E-state index >= 15 is 0 Å². The van der Waals surface area contributed by atoms with Crippen LogP contribution in [-0.4, -0.2) is 43.6 Å². The molecule has 0 aliphatic heterocycles. The predicted octanol–water partition coefficient (Wildman–Crippen LogP) is 12.5. The summed E-state index contributed by atoms with van der Waals surface area (Å²) in [5.74, 6) is 1.24.